The SMILES string of the molecule is CCCCCCc1c(CCOc2ccccc2)ccc(C)c1OP(=O)(O)O. The quantitative estimate of drug-likeness (QED) is 0.405. The van der Waals surface area contributed by atoms with E-state index in [9.17, 15) is 14.4 Å². The van der Waals surface area contributed by atoms with Crippen molar-refractivity contribution in [3.05, 3.63) is 59.2 Å². The van der Waals surface area contributed by atoms with Crippen LogP contribution in [-0.2, 0) is 17.4 Å². The molecule has 0 saturated carbocycles. The van der Waals surface area contributed by atoms with E-state index in [1.54, 1.807) is 0 Å². The zero-order valence-corrected chi connectivity index (χ0v) is 17.0. The van der Waals surface area contributed by atoms with Gasteiger partial charge in [0.15, 0.2) is 0 Å². The van der Waals surface area contributed by atoms with Gasteiger partial charge >= 0.3 is 7.82 Å². The monoisotopic (exact) mass is 392 g/mol. The second kappa shape index (κ2) is 10.5. The van der Waals surface area contributed by atoms with Crippen molar-refractivity contribution in [3.8, 4) is 11.5 Å². The van der Waals surface area contributed by atoms with E-state index < -0.39 is 7.82 Å². The minimum absolute atomic E-state index is 0.317. The number of ether oxygens (including phenoxy) is 1. The number of unbranched alkanes of at least 4 members (excludes halogenated alkanes) is 3. The molecule has 5 nitrogen and oxygen atoms in total. The summed E-state index contributed by atoms with van der Waals surface area (Å²) in [5.74, 6) is 1.12. The Balaban J connectivity index is 2.17. The summed E-state index contributed by atoms with van der Waals surface area (Å²) in [7, 11) is -4.61. The van der Waals surface area contributed by atoms with Gasteiger partial charge in [0.2, 0.25) is 0 Å². The van der Waals surface area contributed by atoms with Gasteiger partial charge in [-0.1, -0.05) is 56.5 Å². The van der Waals surface area contributed by atoms with Crippen LogP contribution in [0.1, 0.15) is 49.3 Å². The maximum atomic E-state index is 11.4. The van der Waals surface area contributed by atoms with Crippen LogP contribution in [0.15, 0.2) is 42.5 Å². The summed E-state index contributed by atoms with van der Waals surface area (Å²) in [5.41, 5.74) is 2.62. The van der Waals surface area contributed by atoms with Gasteiger partial charge < -0.3 is 9.26 Å². The molecule has 0 aliphatic heterocycles. The zero-order chi connectivity index (χ0) is 19.7. The molecule has 0 radical (unpaired) electrons. The molecule has 2 rings (SSSR count). The second-order valence-electron chi connectivity index (χ2n) is 6.65. The van der Waals surface area contributed by atoms with E-state index in [0.29, 0.717) is 18.8 Å². The predicted molar refractivity (Wildman–Crippen MR) is 107 cm³/mol. The summed E-state index contributed by atoms with van der Waals surface area (Å²) in [6.07, 6.45) is 5.71. The average molecular weight is 392 g/mol. The Morgan fingerprint density at radius 1 is 0.963 bits per heavy atom. The lowest BCUT2D eigenvalue weighted by Crippen LogP contribution is -2.07. The first-order valence-corrected chi connectivity index (χ1v) is 11.0. The molecule has 0 atom stereocenters. The number of phosphoric ester groups is 1. The summed E-state index contributed by atoms with van der Waals surface area (Å²) < 4.78 is 22.3. The second-order valence-corrected chi connectivity index (χ2v) is 7.82. The van der Waals surface area contributed by atoms with Crippen LogP contribution in [0.5, 0.6) is 11.5 Å². The number of hydrogen-bond acceptors (Lipinski definition) is 3. The lowest BCUT2D eigenvalue weighted by atomic mass is 9.95. The molecule has 2 aromatic carbocycles. The highest BCUT2D eigenvalue weighted by molar-refractivity contribution is 7.46. The van der Waals surface area contributed by atoms with E-state index in [1.165, 1.54) is 0 Å². The zero-order valence-electron chi connectivity index (χ0n) is 16.1. The number of benzene rings is 2. The molecule has 2 N–H and O–H groups in total. The molecular formula is C21H29O5P. The Bertz CT molecular complexity index is 755. The molecule has 0 aliphatic rings. The van der Waals surface area contributed by atoms with E-state index in [1.807, 2.05) is 49.4 Å². The van der Waals surface area contributed by atoms with Crippen LogP contribution in [0, 0.1) is 6.92 Å². The lowest BCUT2D eigenvalue weighted by molar-refractivity contribution is 0.281. The highest BCUT2D eigenvalue weighted by atomic mass is 31.2. The number of hydrogen-bond donors (Lipinski definition) is 2. The predicted octanol–water partition coefficient (Wildman–Crippen LogP) is 5.21. The normalized spacial score (nSPS) is 11.4. The third-order valence-corrected chi connectivity index (χ3v) is 4.85. The van der Waals surface area contributed by atoms with Gasteiger partial charge in [-0.3, -0.25) is 9.79 Å². The fourth-order valence-electron chi connectivity index (χ4n) is 3.06. The Kier molecular flexibility index (Phi) is 8.36. The summed E-state index contributed by atoms with van der Waals surface area (Å²) in [4.78, 5) is 18.6. The third kappa shape index (κ3) is 7.37. The van der Waals surface area contributed by atoms with Gasteiger partial charge in [0, 0.05) is 6.42 Å². The minimum atomic E-state index is -4.61. The molecule has 0 heterocycles. The van der Waals surface area contributed by atoms with Crippen molar-refractivity contribution in [2.45, 2.75) is 52.4 Å². The number of para-hydroxylation sites is 1. The summed E-state index contributed by atoms with van der Waals surface area (Å²) in [6, 6.07) is 13.4. The van der Waals surface area contributed by atoms with Gasteiger partial charge in [-0.15, -0.1) is 0 Å². The Labute approximate surface area is 161 Å². The average Bonchev–Trinajstić information content (AvgIpc) is 2.62. The van der Waals surface area contributed by atoms with E-state index in [-0.39, 0.29) is 0 Å². The molecule has 0 unspecified atom stereocenters. The van der Waals surface area contributed by atoms with Crippen molar-refractivity contribution < 1.29 is 23.6 Å². The number of rotatable bonds is 11. The van der Waals surface area contributed by atoms with Gasteiger partial charge in [0.1, 0.15) is 11.5 Å². The summed E-state index contributed by atoms with van der Waals surface area (Å²) in [5, 5.41) is 0. The molecule has 0 aromatic heterocycles. The van der Waals surface area contributed by atoms with Crippen molar-refractivity contribution >= 4 is 7.82 Å². The largest absolute Gasteiger partial charge is 0.524 e. The Hall–Kier alpha value is -1.81. The molecule has 0 saturated heterocycles. The Morgan fingerprint density at radius 2 is 1.70 bits per heavy atom. The fraction of sp³-hybridized carbons (Fsp3) is 0.429. The number of aryl methyl sites for hydroxylation is 1. The van der Waals surface area contributed by atoms with Gasteiger partial charge in [-0.05, 0) is 48.6 Å². The van der Waals surface area contributed by atoms with Crippen LogP contribution in [0.2, 0.25) is 0 Å². The van der Waals surface area contributed by atoms with E-state index >= 15 is 0 Å². The van der Waals surface area contributed by atoms with Crippen LogP contribution < -0.4 is 9.26 Å². The molecule has 0 fully saturated rings. The maximum absolute atomic E-state index is 11.4. The van der Waals surface area contributed by atoms with Crippen molar-refractivity contribution in [2.24, 2.45) is 0 Å². The summed E-state index contributed by atoms with van der Waals surface area (Å²) in [6.45, 7) is 4.45. The van der Waals surface area contributed by atoms with E-state index in [0.717, 1.165) is 54.5 Å². The first kappa shape index (κ1) is 21.5. The highest BCUT2D eigenvalue weighted by Crippen LogP contribution is 2.42. The molecule has 0 bridgehead atoms. The van der Waals surface area contributed by atoms with Gasteiger partial charge in [-0.2, -0.15) is 0 Å². The Morgan fingerprint density at radius 3 is 2.37 bits per heavy atom. The number of phosphoric acid groups is 1. The van der Waals surface area contributed by atoms with E-state index in [2.05, 4.69) is 6.92 Å². The van der Waals surface area contributed by atoms with E-state index in [4.69, 9.17) is 9.26 Å². The maximum Gasteiger partial charge on any atom is 0.524 e. The minimum Gasteiger partial charge on any atom is -0.493 e. The molecular weight excluding hydrogens is 363 g/mol. The lowest BCUT2D eigenvalue weighted by Gasteiger charge is -2.18. The van der Waals surface area contributed by atoms with Crippen LogP contribution in [0.4, 0.5) is 0 Å². The first-order valence-electron chi connectivity index (χ1n) is 9.45. The van der Waals surface area contributed by atoms with Gasteiger partial charge in [0.05, 0.1) is 6.61 Å². The molecule has 0 amide bonds. The molecule has 0 spiro atoms. The fourth-order valence-corrected chi connectivity index (χ4v) is 3.56. The molecule has 0 aliphatic carbocycles. The van der Waals surface area contributed by atoms with Crippen LogP contribution in [0.3, 0.4) is 0 Å². The van der Waals surface area contributed by atoms with Crippen LogP contribution >= 0.6 is 7.82 Å². The van der Waals surface area contributed by atoms with Crippen molar-refractivity contribution in [2.75, 3.05) is 6.61 Å². The molecule has 148 valence electrons. The van der Waals surface area contributed by atoms with Gasteiger partial charge in [0.25, 0.3) is 0 Å². The highest BCUT2D eigenvalue weighted by Gasteiger charge is 2.22. The van der Waals surface area contributed by atoms with Crippen molar-refractivity contribution in [1.82, 2.24) is 0 Å². The van der Waals surface area contributed by atoms with Crippen LogP contribution in [0.25, 0.3) is 0 Å². The molecule has 27 heavy (non-hydrogen) atoms. The smallest absolute Gasteiger partial charge is 0.493 e. The topological polar surface area (TPSA) is 76.0 Å². The van der Waals surface area contributed by atoms with Crippen molar-refractivity contribution in [3.63, 3.8) is 0 Å². The molecule has 6 heteroatoms. The standard InChI is InChI=1S/C21H29O5P/c1-3-4-5-9-12-20-18(15-16-25-19-10-7-6-8-11-19)14-13-17(2)21(20)26-27(22,23)24/h6-8,10-11,13-14H,3-5,9,12,15-16H2,1-2H3,(H2,22,23,24). The van der Waals surface area contributed by atoms with Crippen molar-refractivity contribution in [1.29, 1.82) is 0 Å². The third-order valence-electron chi connectivity index (χ3n) is 4.43. The van der Waals surface area contributed by atoms with Gasteiger partial charge in [-0.25, -0.2) is 4.57 Å². The first-order chi connectivity index (χ1) is 12.9. The molecule has 2 aromatic rings. The summed E-state index contributed by atoms with van der Waals surface area (Å²) >= 11 is 0. The van der Waals surface area contributed by atoms with Crippen LogP contribution in [-0.4, -0.2) is 16.4 Å².